The number of piperidine rings is 1. The molecule has 1 amide bonds. The number of nitrogens with zero attached hydrogens (tertiary/aromatic N) is 1. The lowest BCUT2D eigenvalue weighted by Gasteiger charge is -2.31. The Morgan fingerprint density at radius 1 is 1.04 bits per heavy atom. The van der Waals surface area contributed by atoms with Crippen molar-refractivity contribution in [1.82, 2.24) is 0 Å². The first-order valence-electron chi connectivity index (χ1n) is 9.19. The van der Waals surface area contributed by atoms with Crippen LogP contribution in [0.3, 0.4) is 0 Å². The van der Waals surface area contributed by atoms with Crippen molar-refractivity contribution in [2.45, 2.75) is 31.3 Å². The van der Waals surface area contributed by atoms with E-state index in [1.165, 1.54) is 12.1 Å². The maximum Gasteiger partial charge on any atom is 0.228 e. The van der Waals surface area contributed by atoms with Crippen LogP contribution in [0, 0.1) is 11.7 Å². The average Bonchev–Trinajstić information content (AvgIpc) is 3.45. The van der Waals surface area contributed by atoms with E-state index in [1.807, 2.05) is 24.3 Å². The first-order valence-corrected chi connectivity index (χ1v) is 9.19. The molecule has 2 aliphatic rings. The van der Waals surface area contributed by atoms with Gasteiger partial charge in [0.05, 0.1) is 6.10 Å². The van der Waals surface area contributed by atoms with Gasteiger partial charge in [-0.3, -0.25) is 4.79 Å². The molecule has 0 spiro atoms. The highest BCUT2D eigenvalue weighted by atomic mass is 19.1. The van der Waals surface area contributed by atoms with E-state index < -0.39 is 0 Å². The lowest BCUT2D eigenvalue weighted by atomic mass is 10.1. The first-order chi connectivity index (χ1) is 12.6. The number of amides is 1. The Hall–Kier alpha value is -2.40. The van der Waals surface area contributed by atoms with Crippen LogP contribution >= 0.6 is 0 Å². The Morgan fingerprint density at radius 3 is 2.35 bits per heavy atom. The molecular weight excluding hydrogens is 331 g/mol. The van der Waals surface area contributed by atoms with Crippen LogP contribution in [0.25, 0.3) is 0 Å². The van der Waals surface area contributed by atoms with Crippen molar-refractivity contribution in [3.63, 3.8) is 0 Å². The van der Waals surface area contributed by atoms with E-state index in [9.17, 15) is 14.3 Å². The number of carbonyl (C=O) groups is 1. The van der Waals surface area contributed by atoms with Crippen molar-refractivity contribution in [1.29, 1.82) is 0 Å². The molecule has 0 unspecified atom stereocenters. The molecule has 0 radical (unpaired) electrons. The van der Waals surface area contributed by atoms with Gasteiger partial charge in [0.2, 0.25) is 5.91 Å². The second kappa shape index (κ2) is 7.08. The Bertz CT molecular complexity index is 768. The minimum absolute atomic E-state index is 0.0215. The Morgan fingerprint density at radius 2 is 1.69 bits per heavy atom. The Labute approximate surface area is 152 Å². The topological polar surface area (TPSA) is 52.6 Å². The van der Waals surface area contributed by atoms with Crippen LogP contribution in [-0.2, 0) is 4.79 Å². The molecule has 26 heavy (non-hydrogen) atoms. The molecule has 1 saturated heterocycles. The van der Waals surface area contributed by atoms with E-state index in [0.29, 0.717) is 0 Å². The lowest BCUT2D eigenvalue weighted by molar-refractivity contribution is -0.117. The number of nitrogens with one attached hydrogen (secondary N) is 1. The lowest BCUT2D eigenvalue weighted by Crippen LogP contribution is -2.35. The van der Waals surface area contributed by atoms with Crippen molar-refractivity contribution in [2.75, 3.05) is 23.3 Å². The fourth-order valence-electron chi connectivity index (χ4n) is 3.68. The molecule has 2 atom stereocenters. The van der Waals surface area contributed by atoms with Crippen LogP contribution in [0.1, 0.15) is 30.7 Å². The van der Waals surface area contributed by atoms with Gasteiger partial charge in [-0.2, -0.15) is 0 Å². The molecule has 0 aromatic heterocycles. The molecule has 0 bridgehead atoms. The summed E-state index contributed by atoms with van der Waals surface area (Å²) >= 11 is 0. The molecule has 5 heteroatoms. The fourth-order valence-corrected chi connectivity index (χ4v) is 3.68. The zero-order valence-corrected chi connectivity index (χ0v) is 14.6. The smallest absolute Gasteiger partial charge is 0.228 e. The van der Waals surface area contributed by atoms with Crippen molar-refractivity contribution >= 4 is 17.3 Å². The Kier molecular flexibility index (Phi) is 4.64. The molecule has 136 valence electrons. The number of hydrogen-bond donors (Lipinski definition) is 2. The van der Waals surface area contributed by atoms with Crippen LogP contribution in [0.4, 0.5) is 15.8 Å². The third-order valence-electron chi connectivity index (χ3n) is 5.39. The van der Waals surface area contributed by atoms with Crippen molar-refractivity contribution in [3.8, 4) is 0 Å². The first kappa shape index (κ1) is 17.0. The van der Waals surface area contributed by atoms with E-state index in [0.717, 1.165) is 49.3 Å². The van der Waals surface area contributed by atoms with Crippen LogP contribution < -0.4 is 10.2 Å². The summed E-state index contributed by atoms with van der Waals surface area (Å²) < 4.78 is 13.0. The number of benzene rings is 2. The molecule has 2 aromatic rings. The molecule has 2 aromatic carbocycles. The minimum Gasteiger partial charge on any atom is -0.393 e. The Balaban J connectivity index is 1.33. The summed E-state index contributed by atoms with van der Waals surface area (Å²) in [5, 5.41) is 12.6. The summed E-state index contributed by atoms with van der Waals surface area (Å²) in [5.41, 5.74) is 2.93. The van der Waals surface area contributed by atoms with Gasteiger partial charge < -0.3 is 15.3 Å². The molecule has 4 nitrogen and oxygen atoms in total. The molecule has 1 aliphatic carbocycles. The highest BCUT2D eigenvalue weighted by Crippen LogP contribution is 2.48. The fraction of sp³-hybridized carbons (Fsp3) is 0.381. The van der Waals surface area contributed by atoms with E-state index in [1.54, 1.807) is 12.1 Å². The van der Waals surface area contributed by atoms with Gasteiger partial charge in [-0.25, -0.2) is 4.39 Å². The standard InChI is InChI=1S/C21H23FN2O2/c22-15-3-1-14(2-4-15)19-13-20(19)21(26)23-16-5-7-17(8-6-16)24-11-9-18(25)10-12-24/h1-8,18-20,25H,9-13H2,(H,23,26)/t19-,20-/m1/s1. The van der Waals surface area contributed by atoms with Crippen molar-refractivity contribution < 1.29 is 14.3 Å². The van der Waals surface area contributed by atoms with Gasteiger partial charge in [0.15, 0.2) is 0 Å². The summed E-state index contributed by atoms with van der Waals surface area (Å²) in [7, 11) is 0. The maximum absolute atomic E-state index is 13.0. The normalized spacial score (nSPS) is 22.9. The number of anilines is 2. The summed E-state index contributed by atoms with van der Waals surface area (Å²) in [6.45, 7) is 1.71. The molecule has 2 fully saturated rings. The van der Waals surface area contributed by atoms with Crippen LogP contribution in [0.5, 0.6) is 0 Å². The maximum atomic E-state index is 13.0. The third kappa shape index (κ3) is 3.73. The number of aliphatic hydroxyl groups excluding tert-OH is 1. The molecule has 4 rings (SSSR count). The minimum atomic E-state index is -0.251. The second-order valence-corrected chi connectivity index (χ2v) is 7.25. The number of halogens is 1. The molecular formula is C21H23FN2O2. The molecule has 1 aliphatic heterocycles. The second-order valence-electron chi connectivity index (χ2n) is 7.25. The van der Waals surface area contributed by atoms with Gasteiger partial charge in [0, 0.05) is 30.4 Å². The van der Waals surface area contributed by atoms with E-state index in [2.05, 4.69) is 10.2 Å². The number of carbonyl (C=O) groups excluding carboxylic acids is 1. The zero-order chi connectivity index (χ0) is 18.1. The van der Waals surface area contributed by atoms with Crippen LogP contribution in [0.15, 0.2) is 48.5 Å². The van der Waals surface area contributed by atoms with Gasteiger partial charge in [-0.05, 0) is 67.1 Å². The van der Waals surface area contributed by atoms with Crippen molar-refractivity contribution in [2.24, 2.45) is 5.92 Å². The number of rotatable bonds is 4. The molecule has 1 saturated carbocycles. The number of aliphatic hydroxyl groups is 1. The SMILES string of the molecule is O=C(Nc1ccc(N2CCC(O)CC2)cc1)[C@@H]1C[C@@H]1c1ccc(F)cc1. The average molecular weight is 354 g/mol. The molecule has 1 heterocycles. The summed E-state index contributed by atoms with van der Waals surface area (Å²) in [5.74, 6) is -0.0785. The number of hydrogen-bond acceptors (Lipinski definition) is 3. The van der Waals surface area contributed by atoms with Gasteiger partial charge in [0.1, 0.15) is 5.82 Å². The molecule has 2 N–H and O–H groups in total. The summed E-state index contributed by atoms with van der Waals surface area (Å²) in [4.78, 5) is 14.7. The van der Waals surface area contributed by atoms with Gasteiger partial charge in [-0.1, -0.05) is 12.1 Å². The van der Waals surface area contributed by atoms with E-state index in [4.69, 9.17) is 0 Å². The highest BCUT2D eigenvalue weighted by Gasteiger charge is 2.43. The third-order valence-corrected chi connectivity index (χ3v) is 5.39. The predicted molar refractivity (Wildman–Crippen MR) is 99.8 cm³/mol. The highest BCUT2D eigenvalue weighted by molar-refractivity contribution is 5.95. The van der Waals surface area contributed by atoms with Gasteiger partial charge in [-0.15, -0.1) is 0 Å². The van der Waals surface area contributed by atoms with E-state index in [-0.39, 0.29) is 29.7 Å². The van der Waals surface area contributed by atoms with Gasteiger partial charge in [0.25, 0.3) is 0 Å². The van der Waals surface area contributed by atoms with Gasteiger partial charge >= 0.3 is 0 Å². The monoisotopic (exact) mass is 354 g/mol. The summed E-state index contributed by atoms with van der Waals surface area (Å²) in [6, 6.07) is 14.3. The summed E-state index contributed by atoms with van der Waals surface area (Å²) in [6.07, 6.45) is 2.22. The van der Waals surface area contributed by atoms with Crippen molar-refractivity contribution in [3.05, 3.63) is 59.9 Å². The predicted octanol–water partition coefficient (Wildman–Crippen LogP) is 3.53. The zero-order valence-electron chi connectivity index (χ0n) is 14.6. The largest absolute Gasteiger partial charge is 0.393 e. The van der Waals surface area contributed by atoms with Crippen LogP contribution in [-0.4, -0.2) is 30.2 Å². The van der Waals surface area contributed by atoms with E-state index >= 15 is 0 Å². The van der Waals surface area contributed by atoms with Crippen LogP contribution in [0.2, 0.25) is 0 Å². The quantitative estimate of drug-likeness (QED) is 0.883.